The van der Waals surface area contributed by atoms with E-state index in [2.05, 4.69) is 33.2 Å². The number of halogens is 1. The van der Waals surface area contributed by atoms with Crippen molar-refractivity contribution in [3.8, 4) is 0 Å². The molecule has 0 spiro atoms. The topological polar surface area (TPSA) is 75.3 Å². The Hall–Kier alpha value is -2.22. The predicted molar refractivity (Wildman–Crippen MR) is 90.6 cm³/mol. The van der Waals surface area contributed by atoms with Crippen molar-refractivity contribution in [2.75, 3.05) is 10.6 Å². The molecular weight excluding hydrogens is 395 g/mol. The molecule has 6 heteroatoms. The molecule has 0 aliphatic carbocycles. The van der Waals surface area contributed by atoms with E-state index in [1.54, 1.807) is 42.5 Å². The lowest BCUT2D eigenvalue weighted by Gasteiger charge is -2.09. The van der Waals surface area contributed by atoms with Gasteiger partial charge in [-0.15, -0.1) is 0 Å². The van der Waals surface area contributed by atoms with Crippen molar-refractivity contribution in [3.63, 3.8) is 0 Å². The van der Waals surface area contributed by atoms with Crippen molar-refractivity contribution in [1.82, 2.24) is 0 Å². The summed E-state index contributed by atoms with van der Waals surface area (Å²) in [5.41, 5.74) is 1.64. The summed E-state index contributed by atoms with van der Waals surface area (Å²) >= 11 is 2.11. The highest BCUT2D eigenvalue weighted by Gasteiger charge is 2.39. The Balaban J connectivity index is 1.82. The fourth-order valence-electron chi connectivity index (χ4n) is 2.36. The average Bonchev–Trinajstić information content (AvgIpc) is 2.82. The highest BCUT2D eigenvalue weighted by atomic mass is 127. The number of rotatable bonds is 3. The molecule has 1 aliphatic rings. The number of ketones is 1. The fraction of sp³-hybridized carbons (Fsp3) is 0.0625. The molecule has 1 aliphatic heterocycles. The third-order valence-electron chi connectivity index (χ3n) is 3.36. The Morgan fingerprint density at radius 2 is 1.86 bits per heavy atom. The van der Waals surface area contributed by atoms with Gasteiger partial charge in [-0.05, 0) is 52.4 Å². The minimum atomic E-state index is -1.08. The van der Waals surface area contributed by atoms with Crippen LogP contribution >= 0.6 is 22.6 Å². The number of nitrogens with one attached hydrogen (secondary N) is 2. The summed E-state index contributed by atoms with van der Waals surface area (Å²) in [6.07, 6.45) is 0. The van der Waals surface area contributed by atoms with Crippen LogP contribution in [0.3, 0.4) is 0 Å². The molecule has 2 aromatic rings. The van der Waals surface area contributed by atoms with Crippen LogP contribution in [0.15, 0.2) is 48.5 Å². The summed E-state index contributed by atoms with van der Waals surface area (Å²) in [5, 5.41) is 5.15. The van der Waals surface area contributed by atoms with E-state index in [1.165, 1.54) is 0 Å². The molecule has 0 fully saturated rings. The number of hydrogen-bond donors (Lipinski definition) is 2. The molecule has 0 unspecified atom stereocenters. The molecule has 2 aromatic carbocycles. The number of carbonyl (C=O) groups is 3. The molecule has 5 nitrogen and oxygen atoms in total. The highest BCUT2D eigenvalue weighted by Crippen LogP contribution is 2.32. The molecule has 0 radical (unpaired) electrons. The summed E-state index contributed by atoms with van der Waals surface area (Å²) in [4.78, 5) is 36.4. The first-order valence-corrected chi connectivity index (χ1v) is 7.64. The molecule has 110 valence electrons. The van der Waals surface area contributed by atoms with Crippen LogP contribution < -0.4 is 10.6 Å². The van der Waals surface area contributed by atoms with Crippen LogP contribution in [0.2, 0.25) is 0 Å². The summed E-state index contributed by atoms with van der Waals surface area (Å²) in [6.45, 7) is 0. The normalized spacial score (nSPS) is 15.9. The molecule has 2 amide bonds. The zero-order chi connectivity index (χ0) is 15.7. The van der Waals surface area contributed by atoms with Crippen molar-refractivity contribution in [2.45, 2.75) is 5.92 Å². The van der Waals surface area contributed by atoms with Gasteiger partial charge in [-0.2, -0.15) is 0 Å². The van der Waals surface area contributed by atoms with Crippen molar-refractivity contribution in [2.24, 2.45) is 0 Å². The lowest BCUT2D eigenvalue weighted by molar-refractivity contribution is -0.138. The summed E-state index contributed by atoms with van der Waals surface area (Å²) in [6, 6.07) is 14.0. The number of para-hydroxylation sites is 1. The zero-order valence-corrected chi connectivity index (χ0v) is 13.5. The quantitative estimate of drug-likeness (QED) is 0.468. The SMILES string of the molecule is O=C(Nc1cccc(I)c1)C(=O)[C@@H]1C(=O)Nc2ccccc21. The monoisotopic (exact) mass is 406 g/mol. The van der Waals surface area contributed by atoms with Gasteiger partial charge in [-0.1, -0.05) is 24.3 Å². The van der Waals surface area contributed by atoms with Crippen LogP contribution in [-0.2, 0) is 14.4 Å². The first-order chi connectivity index (χ1) is 10.6. The Kier molecular flexibility index (Phi) is 3.93. The Labute approximate surface area is 140 Å². The third kappa shape index (κ3) is 2.74. The van der Waals surface area contributed by atoms with E-state index >= 15 is 0 Å². The molecule has 1 heterocycles. The third-order valence-corrected chi connectivity index (χ3v) is 4.03. The standard InChI is InChI=1S/C16H11IN2O3/c17-9-4-3-5-10(8-9)18-16(22)14(20)13-11-6-1-2-7-12(11)19-15(13)21/h1-8,13H,(H,18,22)(H,19,21)/t13-/m1/s1. The summed E-state index contributed by atoms with van der Waals surface area (Å²) in [7, 11) is 0. The summed E-state index contributed by atoms with van der Waals surface area (Å²) in [5.74, 6) is -3.11. The largest absolute Gasteiger partial charge is 0.325 e. The van der Waals surface area contributed by atoms with Gasteiger partial charge >= 0.3 is 0 Å². The molecule has 22 heavy (non-hydrogen) atoms. The Morgan fingerprint density at radius 1 is 1.09 bits per heavy atom. The van der Waals surface area contributed by atoms with E-state index in [9.17, 15) is 14.4 Å². The number of Topliss-reactive ketones (excluding diaryl/α,β-unsaturated/α-hetero) is 1. The number of hydrogen-bond acceptors (Lipinski definition) is 3. The van der Waals surface area contributed by atoms with Crippen LogP contribution in [0.25, 0.3) is 0 Å². The van der Waals surface area contributed by atoms with Crippen molar-refractivity contribution in [3.05, 3.63) is 57.7 Å². The van der Waals surface area contributed by atoms with E-state index in [4.69, 9.17) is 0 Å². The molecule has 3 rings (SSSR count). The maximum absolute atomic E-state index is 12.3. The molecule has 0 bridgehead atoms. The first kappa shape index (κ1) is 14.7. The Morgan fingerprint density at radius 3 is 2.64 bits per heavy atom. The Bertz CT molecular complexity index is 788. The molecular formula is C16H11IN2O3. The van der Waals surface area contributed by atoms with Crippen molar-refractivity contribution < 1.29 is 14.4 Å². The van der Waals surface area contributed by atoms with Crippen LogP contribution in [0.5, 0.6) is 0 Å². The number of fused-ring (bicyclic) bond motifs is 1. The van der Waals surface area contributed by atoms with E-state index in [0.29, 0.717) is 16.9 Å². The van der Waals surface area contributed by atoms with Gasteiger partial charge in [0.25, 0.3) is 5.91 Å². The smallest absolute Gasteiger partial charge is 0.292 e. The molecule has 0 aromatic heterocycles. The molecule has 0 saturated carbocycles. The summed E-state index contributed by atoms with van der Waals surface area (Å²) < 4.78 is 0.937. The second kappa shape index (κ2) is 5.88. The van der Waals surface area contributed by atoms with Crippen LogP contribution in [0, 0.1) is 3.57 Å². The maximum atomic E-state index is 12.3. The van der Waals surface area contributed by atoms with Gasteiger partial charge in [0.2, 0.25) is 11.7 Å². The fourth-order valence-corrected chi connectivity index (χ4v) is 2.90. The van der Waals surface area contributed by atoms with Gasteiger partial charge in [0.15, 0.2) is 0 Å². The van der Waals surface area contributed by atoms with Gasteiger partial charge < -0.3 is 10.6 Å². The molecule has 2 N–H and O–H groups in total. The van der Waals surface area contributed by atoms with Gasteiger partial charge in [-0.3, -0.25) is 14.4 Å². The van der Waals surface area contributed by atoms with E-state index in [1.807, 2.05) is 6.07 Å². The lowest BCUT2D eigenvalue weighted by atomic mass is 9.95. The maximum Gasteiger partial charge on any atom is 0.292 e. The minimum Gasteiger partial charge on any atom is -0.325 e. The van der Waals surface area contributed by atoms with Crippen LogP contribution in [0.1, 0.15) is 11.5 Å². The van der Waals surface area contributed by atoms with Gasteiger partial charge in [-0.25, -0.2) is 0 Å². The number of anilines is 2. The second-order valence-corrected chi connectivity index (χ2v) is 6.08. The first-order valence-electron chi connectivity index (χ1n) is 6.57. The van der Waals surface area contributed by atoms with Crippen molar-refractivity contribution in [1.29, 1.82) is 0 Å². The van der Waals surface area contributed by atoms with Crippen LogP contribution in [-0.4, -0.2) is 17.6 Å². The number of benzene rings is 2. The average molecular weight is 406 g/mol. The number of amides is 2. The van der Waals surface area contributed by atoms with E-state index < -0.39 is 23.5 Å². The van der Waals surface area contributed by atoms with Gasteiger partial charge in [0, 0.05) is 14.9 Å². The highest BCUT2D eigenvalue weighted by molar-refractivity contribution is 14.1. The van der Waals surface area contributed by atoms with Gasteiger partial charge in [0.1, 0.15) is 5.92 Å². The van der Waals surface area contributed by atoms with Crippen molar-refractivity contribution >= 4 is 51.6 Å². The van der Waals surface area contributed by atoms with Crippen LogP contribution in [0.4, 0.5) is 11.4 Å². The zero-order valence-electron chi connectivity index (χ0n) is 11.3. The predicted octanol–water partition coefficient (Wildman–Crippen LogP) is 2.53. The lowest BCUT2D eigenvalue weighted by Crippen LogP contribution is -2.31. The molecule has 0 saturated heterocycles. The minimum absolute atomic E-state index is 0.469. The molecule has 1 atom stereocenters. The van der Waals surface area contributed by atoms with E-state index in [-0.39, 0.29) is 0 Å². The number of carbonyl (C=O) groups excluding carboxylic acids is 3. The van der Waals surface area contributed by atoms with Gasteiger partial charge in [0.05, 0.1) is 0 Å². The second-order valence-electron chi connectivity index (χ2n) is 4.84. The van der Waals surface area contributed by atoms with E-state index in [0.717, 1.165) is 3.57 Å².